The first-order valence-electron chi connectivity index (χ1n) is 7.23. The zero-order valence-electron chi connectivity index (χ0n) is 13.1. The van der Waals surface area contributed by atoms with E-state index in [0.29, 0.717) is 31.0 Å². The molecule has 0 aromatic heterocycles. The quantitative estimate of drug-likeness (QED) is 0.744. The molecule has 0 bridgehead atoms. The first-order valence-corrected chi connectivity index (χ1v) is 9.17. The van der Waals surface area contributed by atoms with E-state index >= 15 is 0 Å². The van der Waals surface area contributed by atoms with Gasteiger partial charge in [-0.25, -0.2) is 0 Å². The number of benzene rings is 1. The standard InChI is InChI=1S/C16H21BrO4S/c1-15(2,3)21-14(18)16(8-10-20-11-9-16)22(19)13-6-4-12(17)5-7-13/h4-7H,8-11H2,1-3H3. The van der Waals surface area contributed by atoms with Gasteiger partial charge in [-0.1, -0.05) is 15.9 Å². The van der Waals surface area contributed by atoms with Crippen LogP contribution < -0.4 is 0 Å². The molecule has 1 aromatic rings. The van der Waals surface area contributed by atoms with Crippen molar-refractivity contribution in [2.45, 2.75) is 48.9 Å². The smallest absolute Gasteiger partial charge is 0.325 e. The first-order chi connectivity index (χ1) is 10.2. The lowest BCUT2D eigenvalue weighted by Gasteiger charge is -2.36. The summed E-state index contributed by atoms with van der Waals surface area (Å²) in [6, 6.07) is 7.22. The number of esters is 1. The summed E-state index contributed by atoms with van der Waals surface area (Å²) >= 11 is 3.36. The van der Waals surface area contributed by atoms with Gasteiger partial charge >= 0.3 is 5.97 Å². The van der Waals surface area contributed by atoms with Crippen molar-refractivity contribution in [3.05, 3.63) is 28.7 Å². The third kappa shape index (κ3) is 3.97. The normalized spacial score (nSPS) is 19.5. The Morgan fingerprint density at radius 3 is 2.27 bits per heavy atom. The lowest BCUT2D eigenvalue weighted by atomic mass is 9.99. The molecule has 1 atom stereocenters. The molecular formula is C16H21BrO4S. The number of halogens is 1. The summed E-state index contributed by atoms with van der Waals surface area (Å²) in [5, 5.41) is 0. The molecule has 1 saturated heterocycles. The molecule has 0 radical (unpaired) electrons. The number of hydrogen-bond acceptors (Lipinski definition) is 4. The summed E-state index contributed by atoms with van der Waals surface area (Å²) < 4.78 is 23.9. The highest BCUT2D eigenvalue weighted by Gasteiger charge is 2.49. The zero-order valence-corrected chi connectivity index (χ0v) is 15.5. The summed E-state index contributed by atoms with van der Waals surface area (Å²) in [7, 11) is -1.48. The molecule has 1 unspecified atom stereocenters. The molecule has 122 valence electrons. The summed E-state index contributed by atoms with van der Waals surface area (Å²) in [6.45, 7) is 6.30. The lowest BCUT2D eigenvalue weighted by Crippen LogP contribution is -2.50. The highest BCUT2D eigenvalue weighted by Crippen LogP contribution is 2.34. The van der Waals surface area contributed by atoms with Crippen molar-refractivity contribution in [2.24, 2.45) is 0 Å². The molecule has 2 rings (SSSR count). The van der Waals surface area contributed by atoms with Gasteiger partial charge in [0, 0.05) is 22.6 Å². The van der Waals surface area contributed by atoms with Gasteiger partial charge in [-0.15, -0.1) is 0 Å². The minimum atomic E-state index is -1.48. The van der Waals surface area contributed by atoms with Crippen molar-refractivity contribution in [2.75, 3.05) is 13.2 Å². The Bertz CT molecular complexity index is 557. The molecule has 22 heavy (non-hydrogen) atoms. The number of ether oxygens (including phenoxy) is 2. The molecule has 0 N–H and O–H groups in total. The Morgan fingerprint density at radius 2 is 1.77 bits per heavy atom. The van der Waals surface area contributed by atoms with Crippen LogP contribution in [0, 0.1) is 0 Å². The Balaban J connectivity index is 2.34. The largest absolute Gasteiger partial charge is 0.459 e. The van der Waals surface area contributed by atoms with E-state index < -0.39 is 27.1 Å². The SMILES string of the molecule is CC(C)(C)OC(=O)C1(S(=O)c2ccc(Br)cc2)CCOCC1. The van der Waals surface area contributed by atoms with Crippen LogP contribution in [0.15, 0.2) is 33.6 Å². The first kappa shape index (κ1) is 17.6. The van der Waals surface area contributed by atoms with Gasteiger partial charge in [0.2, 0.25) is 0 Å². The fourth-order valence-corrected chi connectivity index (χ4v) is 4.15. The van der Waals surface area contributed by atoms with E-state index in [1.807, 2.05) is 32.9 Å². The van der Waals surface area contributed by atoms with Crippen LogP contribution >= 0.6 is 15.9 Å². The molecule has 1 aromatic carbocycles. The fraction of sp³-hybridized carbons (Fsp3) is 0.562. The van der Waals surface area contributed by atoms with E-state index in [4.69, 9.17) is 9.47 Å². The minimum Gasteiger partial charge on any atom is -0.459 e. The van der Waals surface area contributed by atoms with Gasteiger partial charge in [0.1, 0.15) is 5.60 Å². The fourth-order valence-electron chi connectivity index (χ4n) is 2.32. The van der Waals surface area contributed by atoms with Crippen LogP contribution in [0.4, 0.5) is 0 Å². The van der Waals surface area contributed by atoms with E-state index in [0.717, 1.165) is 4.47 Å². The van der Waals surface area contributed by atoms with Crippen LogP contribution in [-0.2, 0) is 25.1 Å². The van der Waals surface area contributed by atoms with Crippen molar-refractivity contribution < 1.29 is 18.5 Å². The Labute approximate surface area is 142 Å². The van der Waals surface area contributed by atoms with Gasteiger partial charge in [0.15, 0.2) is 4.75 Å². The number of carbonyl (C=O) groups is 1. The third-order valence-electron chi connectivity index (χ3n) is 3.45. The average molecular weight is 389 g/mol. The van der Waals surface area contributed by atoms with Gasteiger partial charge in [-0.2, -0.15) is 0 Å². The van der Waals surface area contributed by atoms with Gasteiger partial charge in [0.25, 0.3) is 0 Å². The third-order valence-corrected chi connectivity index (χ3v) is 5.97. The van der Waals surface area contributed by atoms with Crippen LogP contribution in [0.1, 0.15) is 33.6 Å². The summed E-state index contributed by atoms with van der Waals surface area (Å²) in [5.41, 5.74) is -0.605. The predicted molar refractivity (Wildman–Crippen MR) is 89.2 cm³/mol. The van der Waals surface area contributed by atoms with Crippen LogP contribution in [0.2, 0.25) is 0 Å². The molecule has 0 amide bonds. The molecule has 1 aliphatic heterocycles. The van der Waals surface area contributed by atoms with E-state index in [-0.39, 0.29) is 0 Å². The van der Waals surface area contributed by atoms with E-state index in [2.05, 4.69) is 15.9 Å². The summed E-state index contributed by atoms with van der Waals surface area (Å²) in [5.74, 6) is -0.399. The molecule has 0 saturated carbocycles. The van der Waals surface area contributed by atoms with Crippen molar-refractivity contribution >= 4 is 32.7 Å². The summed E-state index contributed by atoms with van der Waals surface area (Å²) in [6.07, 6.45) is 0.815. The topological polar surface area (TPSA) is 52.6 Å². The Kier molecular flexibility index (Phi) is 5.45. The van der Waals surface area contributed by atoms with E-state index in [9.17, 15) is 9.00 Å². The number of carbonyl (C=O) groups excluding carboxylic acids is 1. The predicted octanol–water partition coefficient (Wildman–Crippen LogP) is 3.45. The molecule has 1 fully saturated rings. The average Bonchev–Trinajstić information content (AvgIpc) is 2.46. The van der Waals surface area contributed by atoms with Crippen molar-refractivity contribution in [3.8, 4) is 0 Å². The van der Waals surface area contributed by atoms with Gasteiger partial charge in [-0.05, 0) is 57.9 Å². The van der Waals surface area contributed by atoms with Crippen molar-refractivity contribution in [1.82, 2.24) is 0 Å². The van der Waals surface area contributed by atoms with Crippen molar-refractivity contribution in [1.29, 1.82) is 0 Å². The van der Waals surface area contributed by atoms with Crippen molar-refractivity contribution in [3.63, 3.8) is 0 Å². The molecule has 0 aliphatic carbocycles. The number of rotatable bonds is 3. The molecule has 4 nitrogen and oxygen atoms in total. The second kappa shape index (κ2) is 6.81. The molecule has 1 heterocycles. The molecular weight excluding hydrogens is 368 g/mol. The molecule has 6 heteroatoms. The zero-order chi connectivity index (χ0) is 16.4. The van der Waals surface area contributed by atoms with Crippen LogP contribution in [0.3, 0.4) is 0 Å². The second-order valence-electron chi connectivity index (χ2n) is 6.33. The Morgan fingerprint density at radius 1 is 1.23 bits per heavy atom. The van der Waals surface area contributed by atoms with E-state index in [1.54, 1.807) is 12.1 Å². The van der Waals surface area contributed by atoms with Gasteiger partial charge < -0.3 is 9.47 Å². The highest BCUT2D eigenvalue weighted by molar-refractivity contribution is 9.10. The van der Waals surface area contributed by atoms with Gasteiger partial charge in [0.05, 0.1) is 10.8 Å². The van der Waals surface area contributed by atoms with Gasteiger partial charge in [-0.3, -0.25) is 9.00 Å². The highest BCUT2D eigenvalue weighted by atomic mass is 79.9. The van der Waals surface area contributed by atoms with Crippen LogP contribution in [0.25, 0.3) is 0 Å². The van der Waals surface area contributed by atoms with E-state index in [1.165, 1.54) is 0 Å². The monoisotopic (exact) mass is 388 g/mol. The Hall–Kier alpha value is -0.720. The van der Waals surface area contributed by atoms with Crippen LogP contribution in [-0.4, -0.2) is 33.7 Å². The van der Waals surface area contributed by atoms with Crippen LogP contribution in [0.5, 0.6) is 0 Å². The maximum Gasteiger partial charge on any atom is 0.325 e. The lowest BCUT2D eigenvalue weighted by molar-refractivity contribution is -0.160. The summed E-state index contributed by atoms with van der Waals surface area (Å²) in [4.78, 5) is 13.4. The number of hydrogen-bond donors (Lipinski definition) is 0. The minimum absolute atomic E-state index is 0.399. The maximum atomic E-state index is 13.1. The second-order valence-corrected chi connectivity index (χ2v) is 9.04. The molecule has 1 aliphatic rings. The maximum absolute atomic E-state index is 13.1. The molecule has 0 spiro atoms.